The van der Waals surface area contributed by atoms with Gasteiger partial charge >= 0.3 is 0 Å². The monoisotopic (exact) mass is 401 g/mol. The summed E-state index contributed by atoms with van der Waals surface area (Å²) >= 11 is 5.98. The van der Waals surface area contributed by atoms with Crippen LogP contribution in [0.25, 0.3) is 0 Å². The van der Waals surface area contributed by atoms with Gasteiger partial charge in [-0.2, -0.15) is 0 Å². The topological polar surface area (TPSA) is 79.5 Å². The average molecular weight is 402 g/mol. The number of carbonyl (C=O) groups excluding carboxylic acids is 2. The highest BCUT2D eigenvalue weighted by molar-refractivity contribution is 6.30. The highest BCUT2D eigenvalue weighted by atomic mass is 35.5. The third-order valence-corrected chi connectivity index (χ3v) is 4.85. The zero-order valence-electron chi connectivity index (χ0n) is 15.9. The van der Waals surface area contributed by atoms with Crippen molar-refractivity contribution in [3.63, 3.8) is 0 Å². The predicted octanol–water partition coefficient (Wildman–Crippen LogP) is 3.99. The summed E-state index contributed by atoms with van der Waals surface area (Å²) in [5.74, 6) is 0.697. The molecule has 3 rings (SSSR count). The van der Waals surface area contributed by atoms with Gasteiger partial charge in [-0.3, -0.25) is 9.59 Å². The minimum Gasteiger partial charge on any atom is -0.495 e. The normalized spacial score (nSPS) is 14.2. The number of carbonyl (C=O) groups is 2. The maximum Gasteiger partial charge on any atom is 0.238 e. The van der Waals surface area contributed by atoms with Crippen LogP contribution in [0.4, 0.5) is 11.4 Å². The number of benzene rings is 2. The smallest absolute Gasteiger partial charge is 0.238 e. The van der Waals surface area contributed by atoms with Gasteiger partial charge in [-0.1, -0.05) is 23.7 Å². The third kappa shape index (κ3) is 5.47. The highest BCUT2D eigenvalue weighted by Crippen LogP contribution is 2.41. The molecule has 0 aliphatic heterocycles. The van der Waals surface area contributed by atoms with Crippen molar-refractivity contribution < 1.29 is 14.3 Å². The van der Waals surface area contributed by atoms with E-state index in [4.69, 9.17) is 16.3 Å². The zero-order valence-corrected chi connectivity index (χ0v) is 16.7. The molecule has 0 aromatic heterocycles. The first-order chi connectivity index (χ1) is 13.5. The second-order valence-corrected chi connectivity index (χ2v) is 7.33. The van der Waals surface area contributed by atoms with Gasteiger partial charge in [-0.05, 0) is 54.7 Å². The van der Waals surface area contributed by atoms with E-state index < -0.39 is 0 Å². The number of rotatable bonds is 8. The molecule has 0 bridgehead atoms. The molecule has 7 heteroatoms. The lowest BCUT2D eigenvalue weighted by molar-refractivity contribution is -0.115. The summed E-state index contributed by atoms with van der Waals surface area (Å²) in [6, 6.07) is 12.9. The quantitative estimate of drug-likeness (QED) is 0.625. The van der Waals surface area contributed by atoms with Crippen LogP contribution in [0.3, 0.4) is 0 Å². The van der Waals surface area contributed by atoms with Crippen LogP contribution >= 0.6 is 11.6 Å². The molecular formula is C21H24ClN3O3. The highest BCUT2D eigenvalue weighted by Gasteiger charge is 2.32. The van der Waals surface area contributed by atoms with E-state index in [0.29, 0.717) is 28.1 Å². The number of nitrogens with one attached hydrogen (secondary N) is 3. The molecule has 28 heavy (non-hydrogen) atoms. The van der Waals surface area contributed by atoms with Gasteiger partial charge in [-0.25, -0.2) is 0 Å². The van der Waals surface area contributed by atoms with Gasteiger partial charge in [-0.15, -0.1) is 0 Å². The first-order valence-electron chi connectivity index (χ1n) is 9.20. The molecule has 0 spiro atoms. The van der Waals surface area contributed by atoms with Gasteiger partial charge in [0.05, 0.1) is 19.3 Å². The number of methoxy groups -OCH3 is 1. The molecule has 2 aromatic rings. The first-order valence-corrected chi connectivity index (χ1v) is 9.58. The van der Waals surface area contributed by atoms with Crippen molar-refractivity contribution in [2.75, 3.05) is 24.3 Å². The molecule has 1 aliphatic carbocycles. The molecule has 2 amide bonds. The fourth-order valence-corrected chi connectivity index (χ4v) is 3.27. The largest absolute Gasteiger partial charge is 0.495 e. The average Bonchev–Trinajstić information content (AvgIpc) is 3.48. The molecule has 1 aliphatic rings. The van der Waals surface area contributed by atoms with Gasteiger partial charge in [0.15, 0.2) is 0 Å². The minimum absolute atomic E-state index is 0.121. The van der Waals surface area contributed by atoms with Crippen molar-refractivity contribution in [2.24, 2.45) is 5.92 Å². The molecule has 1 fully saturated rings. The zero-order chi connectivity index (χ0) is 20.1. The van der Waals surface area contributed by atoms with Crippen molar-refractivity contribution in [1.82, 2.24) is 5.32 Å². The van der Waals surface area contributed by atoms with Gasteiger partial charge in [0.1, 0.15) is 5.75 Å². The van der Waals surface area contributed by atoms with Gasteiger partial charge in [0.25, 0.3) is 0 Å². The maximum absolute atomic E-state index is 12.5. The fraction of sp³-hybridized carbons (Fsp3) is 0.333. The van der Waals surface area contributed by atoms with Gasteiger partial charge in [0, 0.05) is 23.7 Å². The number of anilines is 2. The molecule has 0 heterocycles. The summed E-state index contributed by atoms with van der Waals surface area (Å²) in [5.41, 5.74) is 2.23. The molecule has 2 aromatic carbocycles. The molecule has 1 saturated carbocycles. The Hall–Kier alpha value is -2.57. The van der Waals surface area contributed by atoms with E-state index in [0.717, 1.165) is 18.4 Å². The Balaban J connectivity index is 1.64. The van der Waals surface area contributed by atoms with E-state index in [1.165, 1.54) is 14.0 Å². The number of halogens is 1. The SMILES string of the molecule is COc1ccc(NC(C)=O)cc1NC(=O)CNC(c1ccc(Cl)cc1)C1CC1. The van der Waals surface area contributed by atoms with Crippen molar-refractivity contribution in [3.05, 3.63) is 53.1 Å². The lowest BCUT2D eigenvalue weighted by Gasteiger charge is -2.19. The Labute approximate surface area is 169 Å². The van der Waals surface area contributed by atoms with Crippen LogP contribution in [0.15, 0.2) is 42.5 Å². The van der Waals surface area contributed by atoms with E-state index in [2.05, 4.69) is 16.0 Å². The minimum atomic E-state index is -0.183. The lowest BCUT2D eigenvalue weighted by Crippen LogP contribution is -2.32. The molecule has 6 nitrogen and oxygen atoms in total. The molecule has 3 N–H and O–H groups in total. The van der Waals surface area contributed by atoms with Crippen LogP contribution in [0.1, 0.15) is 31.4 Å². The first kappa shape index (κ1) is 20.2. The van der Waals surface area contributed by atoms with Crippen molar-refractivity contribution >= 4 is 34.8 Å². The third-order valence-electron chi connectivity index (χ3n) is 4.60. The van der Waals surface area contributed by atoms with Crippen LogP contribution in [0, 0.1) is 5.92 Å². The fourth-order valence-electron chi connectivity index (χ4n) is 3.14. The van der Waals surface area contributed by atoms with Crippen molar-refractivity contribution in [3.8, 4) is 5.75 Å². The van der Waals surface area contributed by atoms with E-state index in [1.54, 1.807) is 18.2 Å². The van der Waals surface area contributed by atoms with Crippen LogP contribution in [0.5, 0.6) is 5.75 Å². The molecule has 1 atom stereocenters. The van der Waals surface area contributed by atoms with Crippen molar-refractivity contribution in [1.29, 1.82) is 0 Å². The summed E-state index contributed by atoms with van der Waals surface area (Å²) in [5, 5.41) is 9.60. The predicted molar refractivity (Wildman–Crippen MR) is 111 cm³/mol. The van der Waals surface area contributed by atoms with Crippen LogP contribution in [0.2, 0.25) is 5.02 Å². The van der Waals surface area contributed by atoms with E-state index in [1.807, 2.05) is 24.3 Å². The van der Waals surface area contributed by atoms with Crippen LogP contribution < -0.4 is 20.7 Å². The molecule has 0 saturated heterocycles. The standard InChI is InChI=1S/C21H24ClN3O3/c1-13(26)24-17-9-10-19(28-2)18(11-17)25-20(27)12-23-21(14-3-4-14)15-5-7-16(22)8-6-15/h5-11,14,21,23H,3-4,12H2,1-2H3,(H,24,26)(H,25,27). The Morgan fingerprint density at radius 1 is 1.14 bits per heavy atom. The molecule has 148 valence electrons. The number of hydrogen-bond donors (Lipinski definition) is 3. The van der Waals surface area contributed by atoms with Crippen molar-refractivity contribution in [2.45, 2.75) is 25.8 Å². The summed E-state index contributed by atoms with van der Waals surface area (Å²) < 4.78 is 5.30. The summed E-state index contributed by atoms with van der Waals surface area (Å²) in [7, 11) is 1.53. The molecular weight excluding hydrogens is 378 g/mol. The maximum atomic E-state index is 12.5. The molecule has 1 unspecified atom stereocenters. The second-order valence-electron chi connectivity index (χ2n) is 6.89. The Morgan fingerprint density at radius 3 is 2.46 bits per heavy atom. The Kier molecular flexibility index (Phi) is 6.54. The number of hydrogen-bond acceptors (Lipinski definition) is 4. The van der Waals surface area contributed by atoms with E-state index >= 15 is 0 Å². The van der Waals surface area contributed by atoms with E-state index in [-0.39, 0.29) is 24.4 Å². The Bertz CT molecular complexity index is 850. The van der Waals surface area contributed by atoms with Crippen LogP contribution in [-0.2, 0) is 9.59 Å². The number of ether oxygens (including phenoxy) is 1. The summed E-state index contributed by atoms with van der Waals surface area (Å²) in [6.45, 7) is 1.60. The van der Waals surface area contributed by atoms with Crippen LogP contribution in [-0.4, -0.2) is 25.5 Å². The van der Waals surface area contributed by atoms with E-state index in [9.17, 15) is 9.59 Å². The Morgan fingerprint density at radius 2 is 1.86 bits per heavy atom. The lowest BCUT2D eigenvalue weighted by atomic mass is 10.0. The van der Waals surface area contributed by atoms with Gasteiger partial charge in [0.2, 0.25) is 11.8 Å². The molecule has 0 radical (unpaired) electrons. The van der Waals surface area contributed by atoms with Gasteiger partial charge < -0.3 is 20.7 Å². The second kappa shape index (κ2) is 9.08. The number of amides is 2. The summed E-state index contributed by atoms with van der Waals surface area (Å²) in [4.78, 5) is 23.8. The summed E-state index contributed by atoms with van der Waals surface area (Å²) in [6.07, 6.45) is 2.29.